The van der Waals surface area contributed by atoms with Gasteiger partial charge < -0.3 is 5.11 Å². The Morgan fingerprint density at radius 1 is 0.926 bits per heavy atom. The highest BCUT2D eigenvalue weighted by Gasteiger charge is 2.39. The number of halogens is 1. The fourth-order valence-electron chi connectivity index (χ4n) is 2.78. The van der Waals surface area contributed by atoms with Gasteiger partial charge in [-0.25, -0.2) is 5.43 Å². The Balaban J connectivity index is 1.94. The first-order valence-corrected chi connectivity index (χ1v) is 9.25. The minimum atomic E-state index is -1.84. The van der Waals surface area contributed by atoms with Crippen molar-refractivity contribution in [3.8, 4) is 0 Å². The van der Waals surface area contributed by atoms with Crippen molar-refractivity contribution >= 4 is 27.5 Å². The van der Waals surface area contributed by atoms with Gasteiger partial charge in [0.15, 0.2) is 5.60 Å². The summed E-state index contributed by atoms with van der Waals surface area (Å²) in [6.45, 7) is 1.80. The van der Waals surface area contributed by atoms with Crippen LogP contribution in [0.3, 0.4) is 0 Å². The van der Waals surface area contributed by atoms with Gasteiger partial charge in [-0.2, -0.15) is 5.10 Å². The lowest BCUT2D eigenvalue weighted by atomic mass is 9.85. The van der Waals surface area contributed by atoms with Crippen molar-refractivity contribution in [2.24, 2.45) is 5.10 Å². The van der Waals surface area contributed by atoms with Crippen LogP contribution in [0.4, 0.5) is 0 Å². The number of nitrogens with zero attached hydrogens (tertiary/aromatic N) is 1. The Morgan fingerprint density at radius 2 is 1.48 bits per heavy atom. The molecule has 3 aromatic rings. The van der Waals surface area contributed by atoms with Crippen LogP contribution in [-0.2, 0) is 10.4 Å². The van der Waals surface area contributed by atoms with Crippen molar-refractivity contribution in [1.82, 2.24) is 5.43 Å². The monoisotopic (exact) mass is 422 g/mol. The van der Waals surface area contributed by atoms with E-state index in [1.165, 1.54) is 0 Å². The molecule has 0 saturated carbocycles. The number of benzene rings is 3. The molecule has 0 aromatic heterocycles. The van der Waals surface area contributed by atoms with E-state index >= 15 is 0 Å². The van der Waals surface area contributed by atoms with Gasteiger partial charge in [0.05, 0.1) is 5.71 Å². The summed E-state index contributed by atoms with van der Waals surface area (Å²) in [6, 6.07) is 25.3. The number of amides is 1. The van der Waals surface area contributed by atoms with E-state index in [4.69, 9.17) is 0 Å². The second kappa shape index (κ2) is 8.29. The first-order valence-electron chi connectivity index (χ1n) is 8.46. The smallest absolute Gasteiger partial charge is 0.281 e. The maximum absolute atomic E-state index is 13.0. The summed E-state index contributed by atoms with van der Waals surface area (Å²) in [4.78, 5) is 13.0. The average Bonchev–Trinajstić information content (AvgIpc) is 2.72. The molecule has 0 atom stereocenters. The molecule has 136 valence electrons. The zero-order valence-corrected chi connectivity index (χ0v) is 16.3. The summed E-state index contributed by atoms with van der Waals surface area (Å²) in [6.07, 6.45) is 0. The zero-order chi connectivity index (χ0) is 19.3. The Hall–Kier alpha value is -2.76. The molecule has 27 heavy (non-hydrogen) atoms. The molecule has 0 heterocycles. The third-order valence-electron chi connectivity index (χ3n) is 4.28. The minimum absolute atomic E-state index is 0.476. The van der Waals surface area contributed by atoms with Crippen molar-refractivity contribution in [3.05, 3.63) is 106 Å². The van der Waals surface area contributed by atoms with Crippen LogP contribution in [0, 0.1) is 0 Å². The van der Waals surface area contributed by atoms with E-state index in [0.29, 0.717) is 16.8 Å². The molecule has 5 heteroatoms. The molecule has 0 bridgehead atoms. The molecule has 0 spiro atoms. The number of rotatable bonds is 5. The van der Waals surface area contributed by atoms with Crippen LogP contribution in [0.5, 0.6) is 0 Å². The van der Waals surface area contributed by atoms with E-state index in [1.807, 2.05) is 36.4 Å². The van der Waals surface area contributed by atoms with E-state index < -0.39 is 11.5 Å². The van der Waals surface area contributed by atoms with Gasteiger partial charge in [0.25, 0.3) is 5.91 Å². The molecule has 1 amide bonds. The molecule has 0 aliphatic carbocycles. The molecule has 0 fully saturated rings. The predicted molar refractivity (Wildman–Crippen MR) is 110 cm³/mol. The second-order valence-electron chi connectivity index (χ2n) is 6.09. The lowest BCUT2D eigenvalue weighted by Crippen LogP contribution is -2.43. The summed E-state index contributed by atoms with van der Waals surface area (Å²) < 4.78 is 0.922. The number of nitrogens with one attached hydrogen (secondary N) is 1. The highest BCUT2D eigenvalue weighted by Crippen LogP contribution is 2.29. The van der Waals surface area contributed by atoms with Crippen LogP contribution in [0.2, 0.25) is 0 Å². The summed E-state index contributed by atoms with van der Waals surface area (Å²) >= 11 is 3.42. The normalized spacial score (nSPS) is 11.9. The topological polar surface area (TPSA) is 61.7 Å². The third-order valence-corrected chi connectivity index (χ3v) is 4.77. The molecule has 0 aliphatic rings. The molecule has 4 nitrogen and oxygen atoms in total. The molecule has 0 radical (unpaired) electrons. The number of hydrogen-bond acceptors (Lipinski definition) is 3. The third kappa shape index (κ3) is 4.15. The van der Waals surface area contributed by atoms with Crippen molar-refractivity contribution < 1.29 is 9.90 Å². The van der Waals surface area contributed by atoms with Crippen LogP contribution in [-0.4, -0.2) is 16.7 Å². The first-order chi connectivity index (χ1) is 13.0. The quantitative estimate of drug-likeness (QED) is 0.477. The lowest BCUT2D eigenvalue weighted by Gasteiger charge is -2.27. The Morgan fingerprint density at radius 3 is 2.00 bits per heavy atom. The number of hydrazone groups is 1. The van der Waals surface area contributed by atoms with Gasteiger partial charge in [-0.15, -0.1) is 0 Å². The number of hydrogen-bond donors (Lipinski definition) is 2. The largest absolute Gasteiger partial charge is 0.372 e. The van der Waals surface area contributed by atoms with Crippen molar-refractivity contribution in [3.63, 3.8) is 0 Å². The van der Waals surface area contributed by atoms with Crippen molar-refractivity contribution in [2.45, 2.75) is 12.5 Å². The molecule has 0 saturated heterocycles. The summed E-state index contributed by atoms with van der Waals surface area (Å²) in [7, 11) is 0. The van der Waals surface area contributed by atoms with Gasteiger partial charge in [-0.05, 0) is 35.7 Å². The standard InChI is InChI=1S/C22H19BrN2O2/c1-16(17-9-8-14-20(23)15-17)24-25-21(26)22(27,18-10-4-2-5-11-18)19-12-6-3-7-13-19/h2-15,27H,1H3,(H,25,26). The SMILES string of the molecule is CC(=NNC(=O)C(O)(c1ccccc1)c1ccccc1)c1cccc(Br)c1. The van der Waals surface area contributed by atoms with Crippen LogP contribution in [0.1, 0.15) is 23.6 Å². The maximum Gasteiger partial charge on any atom is 0.281 e. The van der Waals surface area contributed by atoms with Crippen molar-refractivity contribution in [1.29, 1.82) is 0 Å². The second-order valence-corrected chi connectivity index (χ2v) is 7.01. The molecular formula is C22H19BrN2O2. The van der Waals surface area contributed by atoms with Crippen molar-refractivity contribution in [2.75, 3.05) is 0 Å². The fourth-order valence-corrected chi connectivity index (χ4v) is 3.18. The number of aliphatic hydroxyl groups is 1. The molecule has 3 aromatic carbocycles. The van der Waals surface area contributed by atoms with E-state index in [0.717, 1.165) is 10.0 Å². The van der Waals surface area contributed by atoms with E-state index in [1.54, 1.807) is 55.5 Å². The van der Waals surface area contributed by atoms with E-state index in [9.17, 15) is 9.90 Å². The summed E-state index contributed by atoms with van der Waals surface area (Å²) in [5.74, 6) is -0.616. The van der Waals surface area contributed by atoms with E-state index in [-0.39, 0.29) is 0 Å². The molecule has 3 rings (SSSR count). The van der Waals surface area contributed by atoms with E-state index in [2.05, 4.69) is 26.5 Å². The average molecular weight is 423 g/mol. The minimum Gasteiger partial charge on any atom is -0.372 e. The highest BCUT2D eigenvalue weighted by molar-refractivity contribution is 9.10. The van der Waals surface area contributed by atoms with Gasteiger partial charge in [-0.3, -0.25) is 4.79 Å². The van der Waals surface area contributed by atoms with Crippen LogP contribution >= 0.6 is 15.9 Å². The van der Waals surface area contributed by atoms with Gasteiger partial charge in [-0.1, -0.05) is 88.7 Å². The first kappa shape index (κ1) is 19.0. The fraction of sp³-hybridized carbons (Fsp3) is 0.0909. The van der Waals surface area contributed by atoms with Gasteiger partial charge in [0.2, 0.25) is 0 Å². The number of carbonyl (C=O) groups excluding carboxylic acids is 1. The molecule has 0 aliphatic heterocycles. The molecule has 2 N–H and O–H groups in total. The van der Waals surface area contributed by atoms with Gasteiger partial charge >= 0.3 is 0 Å². The number of carbonyl (C=O) groups is 1. The zero-order valence-electron chi connectivity index (χ0n) is 14.8. The van der Waals surface area contributed by atoms with Crippen LogP contribution in [0.25, 0.3) is 0 Å². The Bertz CT molecular complexity index is 917. The highest BCUT2D eigenvalue weighted by atomic mass is 79.9. The summed E-state index contributed by atoms with van der Waals surface area (Å²) in [5, 5.41) is 15.6. The lowest BCUT2D eigenvalue weighted by molar-refractivity contribution is -0.136. The van der Waals surface area contributed by atoms with Gasteiger partial charge in [0.1, 0.15) is 0 Å². The summed E-state index contributed by atoms with van der Waals surface area (Å²) in [5.41, 5.74) is 3.13. The maximum atomic E-state index is 13.0. The molecular weight excluding hydrogens is 404 g/mol. The molecule has 0 unspecified atom stereocenters. The van der Waals surface area contributed by atoms with Crippen LogP contribution < -0.4 is 5.43 Å². The van der Waals surface area contributed by atoms with Gasteiger partial charge in [0, 0.05) is 4.47 Å². The van der Waals surface area contributed by atoms with Crippen LogP contribution in [0.15, 0.2) is 94.5 Å². The Kier molecular flexibility index (Phi) is 5.84. The predicted octanol–water partition coefficient (Wildman–Crippen LogP) is 4.23. The Labute approximate surface area is 166 Å².